The Morgan fingerprint density at radius 3 is 2.52 bits per heavy atom. The summed E-state index contributed by atoms with van der Waals surface area (Å²) in [5.74, 6) is 5.38. The van der Waals surface area contributed by atoms with Crippen molar-refractivity contribution in [2.45, 2.75) is 0 Å². The van der Waals surface area contributed by atoms with Crippen molar-refractivity contribution in [3.05, 3.63) is 71.8 Å². The molecule has 0 radical (unpaired) electrons. The Morgan fingerprint density at radius 2 is 1.96 bits per heavy atom. The van der Waals surface area contributed by atoms with E-state index in [4.69, 9.17) is 23.0 Å². The summed E-state index contributed by atoms with van der Waals surface area (Å²) in [6.07, 6.45) is 5.30. The van der Waals surface area contributed by atoms with Gasteiger partial charge < -0.3 is 10.4 Å². The molecule has 3 rings (SSSR count). The lowest BCUT2D eigenvalue weighted by Gasteiger charge is -2.09. The molecule has 1 heterocycles. The van der Waals surface area contributed by atoms with Crippen molar-refractivity contribution in [1.29, 1.82) is 5.53 Å². The number of amidine groups is 1. The second-order valence-electron chi connectivity index (χ2n) is 4.78. The van der Waals surface area contributed by atoms with E-state index in [0.29, 0.717) is 10.6 Å². The number of aromatic nitrogens is 2. The van der Waals surface area contributed by atoms with Gasteiger partial charge in [-0.2, -0.15) is 5.10 Å². The fraction of sp³-hybridized carbons (Fsp3) is 0. The first kappa shape index (κ1) is 14.9. The molecule has 0 saturated heterocycles. The number of nitrogens with zero attached hydrogens (tertiary/aromatic N) is 4. The van der Waals surface area contributed by atoms with Gasteiger partial charge in [-0.25, -0.2) is 10.5 Å². The summed E-state index contributed by atoms with van der Waals surface area (Å²) in [4.78, 5) is 4.03. The number of benzene rings is 2. The molecule has 6 nitrogen and oxygen atoms in total. The van der Waals surface area contributed by atoms with Crippen LogP contribution in [0.5, 0.6) is 0 Å². The normalized spacial score (nSPS) is 11.4. The van der Waals surface area contributed by atoms with Gasteiger partial charge in [0.2, 0.25) is 0 Å². The van der Waals surface area contributed by atoms with Gasteiger partial charge >= 0.3 is 0 Å². The second-order valence-corrected chi connectivity index (χ2v) is 5.18. The summed E-state index contributed by atoms with van der Waals surface area (Å²) in [7, 11) is 0. The van der Waals surface area contributed by atoms with Gasteiger partial charge in [-0.15, -0.1) is 5.11 Å². The first-order valence-electron chi connectivity index (χ1n) is 6.77. The van der Waals surface area contributed by atoms with E-state index in [0.717, 1.165) is 16.8 Å². The molecule has 0 atom stereocenters. The van der Waals surface area contributed by atoms with Gasteiger partial charge in [0.1, 0.15) is 0 Å². The molecule has 0 fully saturated rings. The lowest BCUT2D eigenvalue weighted by molar-refractivity contribution is 1.06. The Bertz CT molecular complexity index is 853. The molecule has 23 heavy (non-hydrogen) atoms. The van der Waals surface area contributed by atoms with Crippen LogP contribution in [-0.2, 0) is 0 Å². The Kier molecular flexibility index (Phi) is 4.16. The maximum absolute atomic E-state index is 7.03. The zero-order valence-corrected chi connectivity index (χ0v) is 12.8. The van der Waals surface area contributed by atoms with Gasteiger partial charge in [-0.05, 0) is 17.7 Å². The van der Waals surface area contributed by atoms with Crippen molar-refractivity contribution in [3.63, 3.8) is 0 Å². The molecule has 7 heteroatoms. The van der Waals surface area contributed by atoms with Crippen LogP contribution < -0.4 is 5.84 Å². The number of rotatable bonds is 3. The SMILES string of the molecule is N=N/C(=N\N)c1ccc(-c2ccc(-n3ccnc3)cc2Cl)cc1. The molecule has 1 aromatic heterocycles. The number of hydrogen-bond acceptors (Lipinski definition) is 4. The maximum atomic E-state index is 7.03. The largest absolute Gasteiger partial charge is 0.321 e. The first-order chi connectivity index (χ1) is 11.2. The molecule has 3 N–H and O–H groups in total. The Hall–Kier alpha value is -2.99. The highest BCUT2D eigenvalue weighted by atomic mass is 35.5. The van der Waals surface area contributed by atoms with E-state index in [-0.39, 0.29) is 5.84 Å². The third kappa shape index (κ3) is 2.97. The predicted octanol–water partition coefficient (Wildman–Crippen LogP) is 3.84. The minimum absolute atomic E-state index is 0.179. The molecule has 0 aliphatic rings. The van der Waals surface area contributed by atoms with Gasteiger partial charge in [0, 0.05) is 29.2 Å². The van der Waals surface area contributed by atoms with E-state index in [9.17, 15) is 0 Å². The molecule has 0 amide bonds. The van der Waals surface area contributed by atoms with Gasteiger partial charge in [-0.1, -0.05) is 41.9 Å². The number of hydrogen-bond donors (Lipinski definition) is 2. The van der Waals surface area contributed by atoms with Crippen LogP contribution >= 0.6 is 11.6 Å². The van der Waals surface area contributed by atoms with Crippen molar-refractivity contribution in [2.75, 3.05) is 0 Å². The molecule has 3 aromatic rings. The van der Waals surface area contributed by atoms with Crippen molar-refractivity contribution < 1.29 is 0 Å². The molecule has 0 spiro atoms. The summed E-state index contributed by atoms with van der Waals surface area (Å²) < 4.78 is 1.89. The number of hydrazone groups is 1. The second kappa shape index (κ2) is 6.41. The standard InChI is InChI=1S/C16H13ClN6/c17-15-9-13(23-8-7-20-10-23)5-6-14(15)11-1-3-12(4-2-11)16(21-18)22-19/h1-10,18H,19H2/b21-18?,22-16-. The van der Waals surface area contributed by atoms with Crippen molar-refractivity contribution in [1.82, 2.24) is 9.55 Å². The van der Waals surface area contributed by atoms with E-state index >= 15 is 0 Å². The van der Waals surface area contributed by atoms with E-state index in [2.05, 4.69) is 15.2 Å². The van der Waals surface area contributed by atoms with Crippen LogP contribution in [0.2, 0.25) is 5.02 Å². The number of nitrogens with one attached hydrogen (secondary N) is 1. The molecule has 114 valence electrons. The summed E-state index contributed by atoms with van der Waals surface area (Å²) in [5.41, 5.74) is 10.5. The highest BCUT2D eigenvalue weighted by Crippen LogP contribution is 2.30. The highest BCUT2D eigenvalue weighted by molar-refractivity contribution is 6.33. The van der Waals surface area contributed by atoms with Gasteiger partial charge in [0.05, 0.1) is 11.3 Å². The van der Waals surface area contributed by atoms with Crippen LogP contribution in [0, 0.1) is 5.53 Å². The lowest BCUT2D eigenvalue weighted by atomic mass is 10.0. The number of halogens is 1. The molecular weight excluding hydrogens is 312 g/mol. The Morgan fingerprint density at radius 1 is 1.17 bits per heavy atom. The van der Waals surface area contributed by atoms with Crippen LogP contribution in [0.1, 0.15) is 5.56 Å². The van der Waals surface area contributed by atoms with Crippen LogP contribution in [0.15, 0.2) is 71.4 Å². The predicted molar refractivity (Wildman–Crippen MR) is 89.9 cm³/mol. The minimum Gasteiger partial charge on any atom is -0.321 e. The highest BCUT2D eigenvalue weighted by Gasteiger charge is 2.07. The molecule has 0 aliphatic heterocycles. The Balaban J connectivity index is 1.94. The summed E-state index contributed by atoms with van der Waals surface area (Å²) >= 11 is 6.41. The van der Waals surface area contributed by atoms with Gasteiger partial charge in [-0.3, -0.25) is 0 Å². The molecule has 0 unspecified atom stereocenters. The topological polar surface area (TPSA) is 92.4 Å². The molecule has 0 bridgehead atoms. The molecular formula is C16H13ClN6. The summed E-state index contributed by atoms with van der Waals surface area (Å²) in [6, 6.07) is 13.2. The number of imidazole rings is 1. The third-order valence-corrected chi connectivity index (χ3v) is 3.75. The van der Waals surface area contributed by atoms with Crippen LogP contribution in [0.4, 0.5) is 0 Å². The molecule has 2 aromatic carbocycles. The average Bonchev–Trinajstić information content (AvgIpc) is 3.11. The van der Waals surface area contributed by atoms with E-state index in [1.807, 2.05) is 41.1 Å². The fourth-order valence-electron chi connectivity index (χ4n) is 2.28. The van der Waals surface area contributed by atoms with Crippen LogP contribution in [-0.4, -0.2) is 15.4 Å². The van der Waals surface area contributed by atoms with Gasteiger partial charge in [0.15, 0.2) is 5.84 Å². The van der Waals surface area contributed by atoms with Crippen molar-refractivity contribution >= 4 is 17.4 Å². The lowest BCUT2D eigenvalue weighted by Crippen LogP contribution is -1.99. The summed E-state index contributed by atoms with van der Waals surface area (Å²) in [5, 5.41) is 7.38. The fourth-order valence-corrected chi connectivity index (χ4v) is 2.56. The van der Waals surface area contributed by atoms with E-state index < -0.39 is 0 Å². The third-order valence-electron chi connectivity index (χ3n) is 3.44. The van der Waals surface area contributed by atoms with Crippen molar-refractivity contribution in [3.8, 4) is 16.8 Å². The zero-order valence-electron chi connectivity index (χ0n) is 12.0. The smallest absolute Gasteiger partial charge is 0.199 e. The monoisotopic (exact) mass is 324 g/mol. The van der Waals surface area contributed by atoms with Crippen LogP contribution in [0.25, 0.3) is 16.8 Å². The Labute approximate surface area is 137 Å². The summed E-state index contributed by atoms with van der Waals surface area (Å²) in [6.45, 7) is 0. The first-order valence-corrected chi connectivity index (χ1v) is 7.15. The van der Waals surface area contributed by atoms with Crippen LogP contribution in [0.3, 0.4) is 0 Å². The molecule has 0 aliphatic carbocycles. The number of nitrogens with two attached hydrogens (primary N) is 1. The van der Waals surface area contributed by atoms with Crippen molar-refractivity contribution in [2.24, 2.45) is 16.1 Å². The average molecular weight is 325 g/mol. The van der Waals surface area contributed by atoms with E-state index in [1.54, 1.807) is 24.7 Å². The quantitative estimate of drug-likeness (QED) is 0.252. The minimum atomic E-state index is 0.179. The van der Waals surface area contributed by atoms with E-state index in [1.165, 1.54) is 0 Å². The zero-order chi connectivity index (χ0) is 16.2. The van der Waals surface area contributed by atoms with Gasteiger partial charge in [0.25, 0.3) is 0 Å². The molecule has 0 saturated carbocycles. The maximum Gasteiger partial charge on any atom is 0.199 e.